The van der Waals surface area contributed by atoms with E-state index in [0.29, 0.717) is 11.8 Å². The summed E-state index contributed by atoms with van der Waals surface area (Å²) in [5.41, 5.74) is -0.153. The van der Waals surface area contributed by atoms with Crippen LogP contribution in [0.2, 0.25) is 0 Å². The fourth-order valence-electron chi connectivity index (χ4n) is 3.54. The molecule has 0 saturated carbocycles. The van der Waals surface area contributed by atoms with Crippen LogP contribution in [0.4, 0.5) is 0 Å². The van der Waals surface area contributed by atoms with E-state index >= 15 is 0 Å². The first-order valence-corrected chi connectivity index (χ1v) is 8.51. The standard InChI is InChI=1S/C17H32N2O2/c1-12(2)9-14-16(20)19(15(18-14)10-13(3)4)11-17(5)7-6-8-21-17/h12-15,18H,6-11H2,1-5H3. The Hall–Kier alpha value is -0.610. The summed E-state index contributed by atoms with van der Waals surface area (Å²) in [7, 11) is 0. The fourth-order valence-corrected chi connectivity index (χ4v) is 3.54. The van der Waals surface area contributed by atoms with E-state index in [9.17, 15) is 4.79 Å². The maximum atomic E-state index is 12.8. The maximum absolute atomic E-state index is 12.8. The van der Waals surface area contributed by atoms with Gasteiger partial charge in [-0.1, -0.05) is 27.7 Å². The summed E-state index contributed by atoms with van der Waals surface area (Å²) < 4.78 is 5.90. The van der Waals surface area contributed by atoms with E-state index in [4.69, 9.17) is 4.74 Å². The molecule has 0 bridgehead atoms. The van der Waals surface area contributed by atoms with Gasteiger partial charge < -0.3 is 9.64 Å². The van der Waals surface area contributed by atoms with E-state index in [2.05, 4.69) is 44.8 Å². The van der Waals surface area contributed by atoms with Gasteiger partial charge in [-0.15, -0.1) is 0 Å². The molecule has 4 nitrogen and oxygen atoms in total. The molecule has 3 atom stereocenters. The quantitative estimate of drug-likeness (QED) is 0.819. The number of amides is 1. The molecule has 0 aromatic carbocycles. The lowest BCUT2D eigenvalue weighted by Gasteiger charge is -2.33. The van der Waals surface area contributed by atoms with Crippen molar-refractivity contribution in [1.29, 1.82) is 0 Å². The molecule has 4 heteroatoms. The zero-order chi connectivity index (χ0) is 15.6. The van der Waals surface area contributed by atoms with Crippen molar-refractivity contribution in [2.24, 2.45) is 11.8 Å². The summed E-state index contributed by atoms with van der Waals surface area (Å²) in [6.45, 7) is 12.5. The SMILES string of the molecule is CC(C)CC1NC(CC(C)C)N(CC2(C)CCCO2)C1=O. The number of rotatable bonds is 6. The Morgan fingerprint density at radius 1 is 1.29 bits per heavy atom. The van der Waals surface area contributed by atoms with Crippen molar-refractivity contribution in [3.63, 3.8) is 0 Å². The van der Waals surface area contributed by atoms with Crippen LogP contribution in [0.1, 0.15) is 60.3 Å². The number of carbonyl (C=O) groups is 1. The van der Waals surface area contributed by atoms with Gasteiger partial charge >= 0.3 is 0 Å². The zero-order valence-corrected chi connectivity index (χ0v) is 14.3. The molecule has 1 amide bonds. The zero-order valence-electron chi connectivity index (χ0n) is 14.3. The maximum Gasteiger partial charge on any atom is 0.241 e. The molecule has 0 aromatic rings. The normalized spacial score (nSPS) is 33.7. The Morgan fingerprint density at radius 2 is 1.95 bits per heavy atom. The van der Waals surface area contributed by atoms with Gasteiger partial charge in [0.2, 0.25) is 5.91 Å². The number of nitrogens with zero attached hydrogens (tertiary/aromatic N) is 1. The van der Waals surface area contributed by atoms with Crippen LogP contribution in [-0.2, 0) is 9.53 Å². The molecule has 21 heavy (non-hydrogen) atoms. The second kappa shape index (κ2) is 6.66. The van der Waals surface area contributed by atoms with Gasteiger partial charge in [0, 0.05) is 6.61 Å². The Bertz CT molecular complexity index is 362. The summed E-state index contributed by atoms with van der Waals surface area (Å²) in [5, 5.41) is 3.57. The third kappa shape index (κ3) is 4.19. The van der Waals surface area contributed by atoms with Gasteiger partial charge in [0.05, 0.1) is 24.4 Å². The Labute approximate surface area is 129 Å². The van der Waals surface area contributed by atoms with Crippen LogP contribution in [0.5, 0.6) is 0 Å². The molecule has 2 saturated heterocycles. The molecule has 0 aliphatic carbocycles. The number of ether oxygens (including phenoxy) is 1. The molecule has 2 rings (SSSR count). The summed E-state index contributed by atoms with van der Waals surface area (Å²) in [4.78, 5) is 14.8. The highest BCUT2D eigenvalue weighted by molar-refractivity contribution is 5.84. The minimum Gasteiger partial charge on any atom is -0.373 e. The predicted octanol–water partition coefficient (Wildman–Crippen LogP) is 2.77. The molecule has 0 radical (unpaired) electrons. The third-order valence-corrected chi connectivity index (χ3v) is 4.56. The van der Waals surface area contributed by atoms with Gasteiger partial charge in [-0.2, -0.15) is 0 Å². The van der Waals surface area contributed by atoms with Gasteiger partial charge in [0.15, 0.2) is 0 Å². The first-order chi connectivity index (χ1) is 9.81. The highest BCUT2D eigenvalue weighted by atomic mass is 16.5. The Balaban J connectivity index is 2.07. The molecule has 2 aliphatic rings. The molecule has 122 valence electrons. The predicted molar refractivity (Wildman–Crippen MR) is 84.9 cm³/mol. The van der Waals surface area contributed by atoms with E-state index in [-0.39, 0.29) is 23.7 Å². The van der Waals surface area contributed by atoms with E-state index in [1.807, 2.05) is 0 Å². The van der Waals surface area contributed by atoms with Crippen molar-refractivity contribution < 1.29 is 9.53 Å². The highest BCUT2D eigenvalue weighted by Crippen LogP contribution is 2.30. The van der Waals surface area contributed by atoms with Gasteiger partial charge in [-0.3, -0.25) is 10.1 Å². The minimum atomic E-state index is -0.153. The van der Waals surface area contributed by atoms with Crippen molar-refractivity contribution in [3.05, 3.63) is 0 Å². The van der Waals surface area contributed by atoms with E-state index in [1.165, 1.54) is 0 Å². The molecule has 1 N–H and O–H groups in total. The largest absolute Gasteiger partial charge is 0.373 e. The summed E-state index contributed by atoms with van der Waals surface area (Å²) in [5.74, 6) is 1.38. The first-order valence-electron chi connectivity index (χ1n) is 8.51. The average molecular weight is 296 g/mol. The number of nitrogens with one attached hydrogen (secondary N) is 1. The Morgan fingerprint density at radius 3 is 2.48 bits per heavy atom. The van der Waals surface area contributed by atoms with E-state index in [1.54, 1.807) is 0 Å². The van der Waals surface area contributed by atoms with Crippen LogP contribution in [0.15, 0.2) is 0 Å². The topological polar surface area (TPSA) is 41.6 Å². The Kier molecular flexibility index (Phi) is 5.31. The molecule has 0 spiro atoms. The molecular formula is C17H32N2O2. The average Bonchev–Trinajstić information content (AvgIpc) is 2.89. The van der Waals surface area contributed by atoms with Gasteiger partial charge in [0.25, 0.3) is 0 Å². The van der Waals surface area contributed by atoms with Crippen LogP contribution in [0, 0.1) is 11.8 Å². The van der Waals surface area contributed by atoms with Crippen LogP contribution < -0.4 is 5.32 Å². The van der Waals surface area contributed by atoms with Crippen LogP contribution in [0.3, 0.4) is 0 Å². The third-order valence-electron chi connectivity index (χ3n) is 4.56. The van der Waals surface area contributed by atoms with Crippen LogP contribution >= 0.6 is 0 Å². The second-order valence-electron chi connectivity index (χ2n) is 7.86. The molecule has 0 aromatic heterocycles. The first kappa shape index (κ1) is 16.8. The number of hydrogen-bond acceptors (Lipinski definition) is 3. The number of carbonyl (C=O) groups excluding carboxylic acids is 1. The van der Waals surface area contributed by atoms with Crippen LogP contribution in [-0.4, -0.2) is 41.8 Å². The lowest BCUT2D eigenvalue weighted by molar-refractivity contribution is -0.134. The van der Waals surface area contributed by atoms with Crippen molar-refractivity contribution in [3.8, 4) is 0 Å². The van der Waals surface area contributed by atoms with Crippen molar-refractivity contribution in [1.82, 2.24) is 10.2 Å². The van der Waals surface area contributed by atoms with Crippen molar-refractivity contribution in [2.75, 3.05) is 13.2 Å². The molecular weight excluding hydrogens is 264 g/mol. The van der Waals surface area contributed by atoms with E-state index in [0.717, 1.165) is 38.8 Å². The van der Waals surface area contributed by atoms with Crippen LogP contribution in [0.25, 0.3) is 0 Å². The van der Waals surface area contributed by atoms with Gasteiger partial charge in [-0.05, 0) is 44.4 Å². The lowest BCUT2D eigenvalue weighted by atomic mass is 10.0. The van der Waals surface area contributed by atoms with Crippen molar-refractivity contribution in [2.45, 2.75) is 78.1 Å². The summed E-state index contributed by atoms with van der Waals surface area (Å²) >= 11 is 0. The highest BCUT2D eigenvalue weighted by Gasteiger charge is 2.43. The second-order valence-corrected chi connectivity index (χ2v) is 7.86. The smallest absolute Gasteiger partial charge is 0.241 e. The molecule has 2 fully saturated rings. The van der Waals surface area contributed by atoms with Crippen molar-refractivity contribution >= 4 is 5.91 Å². The van der Waals surface area contributed by atoms with Gasteiger partial charge in [0.1, 0.15) is 0 Å². The summed E-state index contributed by atoms with van der Waals surface area (Å²) in [6, 6.07) is -0.0150. The molecule has 3 unspecified atom stereocenters. The van der Waals surface area contributed by atoms with Gasteiger partial charge in [-0.25, -0.2) is 0 Å². The molecule has 2 heterocycles. The van der Waals surface area contributed by atoms with E-state index < -0.39 is 0 Å². The summed E-state index contributed by atoms with van der Waals surface area (Å²) in [6.07, 6.45) is 4.26. The molecule has 2 aliphatic heterocycles. The number of hydrogen-bond donors (Lipinski definition) is 1. The lowest BCUT2D eigenvalue weighted by Crippen LogP contribution is -2.47. The fraction of sp³-hybridized carbons (Fsp3) is 0.941. The monoisotopic (exact) mass is 296 g/mol. The minimum absolute atomic E-state index is 0.0150.